The van der Waals surface area contributed by atoms with E-state index in [9.17, 15) is 0 Å². The maximum absolute atomic E-state index is 5.86. The van der Waals surface area contributed by atoms with Crippen molar-refractivity contribution in [1.82, 2.24) is 4.98 Å². The van der Waals surface area contributed by atoms with E-state index in [1.54, 1.807) is 11.3 Å². The number of hydrogen-bond donors (Lipinski definition) is 1. The summed E-state index contributed by atoms with van der Waals surface area (Å²) >= 11 is 5.34. The number of nitrogens with zero attached hydrogens (tertiary/aromatic N) is 1. The average molecular weight is 353 g/mol. The normalized spacial score (nSPS) is 11.3. The van der Waals surface area contributed by atoms with Gasteiger partial charge in [-0.15, -0.1) is 11.3 Å². The quantitative estimate of drug-likeness (QED) is 0.854. The molecule has 0 atom stereocenters. The summed E-state index contributed by atoms with van der Waals surface area (Å²) in [7, 11) is 0. The van der Waals surface area contributed by atoms with E-state index in [-0.39, 0.29) is 0 Å². The van der Waals surface area contributed by atoms with Crippen LogP contribution in [0.5, 0.6) is 0 Å². The van der Waals surface area contributed by atoms with Crippen LogP contribution >= 0.6 is 27.3 Å². The predicted octanol–water partition coefficient (Wildman–Crippen LogP) is 4.85. The predicted molar refractivity (Wildman–Crippen MR) is 91.2 cm³/mol. The van der Waals surface area contributed by atoms with E-state index in [0.717, 1.165) is 11.4 Å². The standard InChI is InChI=1S/C16H21BrN2S/c1-9(2)5-13-14(8-18)20-16(19-13)12-6-10(3)15(17)11(4)7-12/h6-7,9H,5,8,18H2,1-4H3. The van der Waals surface area contributed by atoms with Gasteiger partial charge in [-0.1, -0.05) is 29.8 Å². The van der Waals surface area contributed by atoms with E-state index in [2.05, 4.69) is 55.8 Å². The van der Waals surface area contributed by atoms with Crippen molar-refractivity contribution in [2.75, 3.05) is 0 Å². The lowest BCUT2D eigenvalue weighted by atomic mass is 10.1. The molecule has 0 aliphatic heterocycles. The maximum Gasteiger partial charge on any atom is 0.123 e. The van der Waals surface area contributed by atoms with Gasteiger partial charge in [0, 0.05) is 21.5 Å². The van der Waals surface area contributed by atoms with E-state index in [0.29, 0.717) is 12.5 Å². The van der Waals surface area contributed by atoms with E-state index in [1.807, 2.05) is 0 Å². The van der Waals surface area contributed by atoms with Crippen LogP contribution in [0.4, 0.5) is 0 Å². The van der Waals surface area contributed by atoms with E-state index in [4.69, 9.17) is 10.7 Å². The third kappa shape index (κ3) is 3.30. The summed E-state index contributed by atoms with van der Waals surface area (Å²) in [6, 6.07) is 4.38. The molecule has 2 rings (SSSR count). The van der Waals surface area contributed by atoms with Gasteiger partial charge in [0.05, 0.1) is 5.69 Å². The van der Waals surface area contributed by atoms with Gasteiger partial charge in [0.25, 0.3) is 0 Å². The second-order valence-corrected chi connectivity index (χ2v) is 7.49. The fourth-order valence-corrected chi connectivity index (χ4v) is 3.47. The van der Waals surface area contributed by atoms with Crippen LogP contribution in [0.1, 0.15) is 35.5 Å². The largest absolute Gasteiger partial charge is 0.326 e. The minimum atomic E-state index is 0.578. The molecule has 1 heterocycles. The molecule has 0 fully saturated rings. The molecule has 0 radical (unpaired) electrons. The Labute approximate surface area is 133 Å². The molecule has 0 amide bonds. The van der Waals surface area contributed by atoms with Gasteiger partial charge in [-0.25, -0.2) is 4.98 Å². The summed E-state index contributed by atoms with van der Waals surface area (Å²) in [5, 5.41) is 1.08. The molecule has 1 aromatic heterocycles. The Morgan fingerprint density at radius 1 is 1.25 bits per heavy atom. The van der Waals surface area contributed by atoms with Gasteiger partial charge in [0.1, 0.15) is 5.01 Å². The summed E-state index contributed by atoms with van der Waals surface area (Å²) in [4.78, 5) is 6.04. The fourth-order valence-electron chi connectivity index (χ4n) is 2.28. The molecule has 0 saturated heterocycles. The highest BCUT2D eigenvalue weighted by Crippen LogP contribution is 2.33. The highest BCUT2D eigenvalue weighted by atomic mass is 79.9. The van der Waals surface area contributed by atoms with Gasteiger partial charge < -0.3 is 5.73 Å². The third-order valence-electron chi connectivity index (χ3n) is 3.25. The topological polar surface area (TPSA) is 38.9 Å². The molecular formula is C16H21BrN2S. The van der Waals surface area contributed by atoms with Crippen LogP contribution in [0.2, 0.25) is 0 Å². The first-order chi connectivity index (χ1) is 9.42. The third-order valence-corrected chi connectivity index (χ3v) is 5.67. The van der Waals surface area contributed by atoms with Crippen molar-refractivity contribution in [3.05, 3.63) is 38.3 Å². The Morgan fingerprint density at radius 3 is 2.35 bits per heavy atom. The van der Waals surface area contributed by atoms with Gasteiger partial charge in [0.15, 0.2) is 0 Å². The maximum atomic E-state index is 5.86. The second-order valence-electron chi connectivity index (χ2n) is 5.62. The molecule has 108 valence electrons. The summed E-state index contributed by atoms with van der Waals surface area (Å²) in [5.74, 6) is 0.601. The lowest BCUT2D eigenvalue weighted by Gasteiger charge is -2.05. The van der Waals surface area contributed by atoms with Crippen LogP contribution in [-0.4, -0.2) is 4.98 Å². The van der Waals surface area contributed by atoms with E-state index >= 15 is 0 Å². The number of nitrogens with two attached hydrogens (primary N) is 1. The van der Waals surface area contributed by atoms with Crippen LogP contribution in [0.3, 0.4) is 0 Å². The molecule has 4 heteroatoms. The molecule has 0 saturated carbocycles. The Bertz CT molecular complexity index is 594. The molecule has 0 unspecified atom stereocenters. The van der Waals surface area contributed by atoms with Gasteiger partial charge in [-0.3, -0.25) is 0 Å². The summed E-state index contributed by atoms with van der Waals surface area (Å²) in [6.45, 7) is 9.24. The minimum absolute atomic E-state index is 0.578. The summed E-state index contributed by atoms with van der Waals surface area (Å²) < 4.78 is 1.18. The lowest BCUT2D eigenvalue weighted by molar-refractivity contribution is 0.634. The van der Waals surface area contributed by atoms with Crippen molar-refractivity contribution in [3.8, 4) is 10.6 Å². The zero-order valence-electron chi connectivity index (χ0n) is 12.5. The highest BCUT2D eigenvalue weighted by Gasteiger charge is 2.14. The Hall–Kier alpha value is -0.710. The van der Waals surface area contributed by atoms with Crippen molar-refractivity contribution in [2.45, 2.75) is 40.7 Å². The smallest absolute Gasteiger partial charge is 0.123 e. The van der Waals surface area contributed by atoms with Crippen molar-refractivity contribution >= 4 is 27.3 Å². The highest BCUT2D eigenvalue weighted by molar-refractivity contribution is 9.10. The average Bonchev–Trinajstić information content (AvgIpc) is 2.77. The first kappa shape index (κ1) is 15.7. The van der Waals surface area contributed by atoms with Crippen molar-refractivity contribution in [2.24, 2.45) is 11.7 Å². The Balaban J connectivity index is 2.45. The molecule has 2 N–H and O–H groups in total. The van der Waals surface area contributed by atoms with E-state index in [1.165, 1.54) is 31.7 Å². The molecule has 2 nitrogen and oxygen atoms in total. The van der Waals surface area contributed by atoms with Gasteiger partial charge in [-0.2, -0.15) is 0 Å². The number of benzene rings is 1. The van der Waals surface area contributed by atoms with Gasteiger partial charge in [0.2, 0.25) is 0 Å². The van der Waals surface area contributed by atoms with Crippen LogP contribution in [0.15, 0.2) is 16.6 Å². The molecule has 1 aromatic carbocycles. The van der Waals surface area contributed by atoms with Crippen molar-refractivity contribution in [3.63, 3.8) is 0 Å². The number of thiazole rings is 1. The molecule has 0 aliphatic rings. The molecule has 0 bridgehead atoms. The first-order valence-electron chi connectivity index (χ1n) is 6.88. The zero-order chi connectivity index (χ0) is 14.9. The monoisotopic (exact) mass is 352 g/mol. The number of rotatable bonds is 4. The summed E-state index contributed by atoms with van der Waals surface area (Å²) in [5.41, 5.74) is 10.7. The first-order valence-corrected chi connectivity index (χ1v) is 8.49. The van der Waals surface area contributed by atoms with Gasteiger partial charge in [-0.05, 0) is 49.4 Å². The van der Waals surface area contributed by atoms with Crippen LogP contribution in [0, 0.1) is 19.8 Å². The van der Waals surface area contributed by atoms with Crippen molar-refractivity contribution < 1.29 is 0 Å². The summed E-state index contributed by atoms with van der Waals surface area (Å²) in [6.07, 6.45) is 0.998. The van der Waals surface area contributed by atoms with E-state index < -0.39 is 0 Å². The second kappa shape index (κ2) is 6.37. The molecule has 0 spiro atoms. The molecular weight excluding hydrogens is 332 g/mol. The Morgan fingerprint density at radius 2 is 1.85 bits per heavy atom. The van der Waals surface area contributed by atoms with Crippen LogP contribution < -0.4 is 5.73 Å². The van der Waals surface area contributed by atoms with Crippen LogP contribution in [0.25, 0.3) is 10.6 Å². The SMILES string of the molecule is Cc1cc(-c2nc(CC(C)C)c(CN)s2)cc(C)c1Br. The fraction of sp³-hybridized carbons (Fsp3) is 0.438. The van der Waals surface area contributed by atoms with Crippen molar-refractivity contribution in [1.29, 1.82) is 0 Å². The lowest BCUT2D eigenvalue weighted by Crippen LogP contribution is -2.01. The minimum Gasteiger partial charge on any atom is -0.326 e. The number of aromatic nitrogens is 1. The Kier molecular flexibility index (Phi) is 4.99. The number of hydrogen-bond acceptors (Lipinski definition) is 3. The zero-order valence-corrected chi connectivity index (χ0v) is 14.9. The molecule has 20 heavy (non-hydrogen) atoms. The molecule has 0 aliphatic carbocycles. The van der Waals surface area contributed by atoms with Gasteiger partial charge >= 0.3 is 0 Å². The number of aryl methyl sites for hydroxylation is 2. The number of halogens is 1. The van der Waals surface area contributed by atoms with Crippen LogP contribution in [-0.2, 0) is 13.0 Å². The molecule has 2 aromatic rings.